The van der Waals surface area contributed by atoms with E-state index in [9.17, 15) is 5.11 Å². The Morgan fingerprint density at radius 2 is 1.79 bits per heavy atom. The summed E-state index contributed by atoms with van der Waals surface area (Å²) in [6.45, 7) is 5.74. The number of aromatic hydroxyl groups is 1. The van der Waals surface area contributed by atoms with Gasteiger partial charge in [-0.15, -0.1) is 0 Å². The minimum Gasteiger partial charge on any atom is -0.508 e. The first kappa shape index (κ1) is 14.4. The molecular formula is C17H27NO. The molecule has 0 bridgehead atoms. The van der Waals surface area contributed by atoms with Crippen molar-refractivity contribution in [2.75, 3.05) is 6.54 Å². The standard InChI is InChI=1S/C17H27NO/c1-3-16(14-7-9-15(19)10-8-14)18-13-17(2)11-5-4-6-12-17/h7-10,16,18-19H,3-6,11-13H2,1-2H3. The predicted octanol–water partition coefficient (Wildman–Crippen LogP) is 4.40. The molecule has 0 radical (unpaired) electrons. The lowest BCUT2D eigenvalue weighted by Crippen LogP contribution is -2.35. The molecule has 106 valence electrons. The fraction of sp³-hybridized carbons (Fsp3) is 0.647. The van der Waals surface area contributed by atoms with Crippen LogP contribution in [0.4, 0.5) is 0 Å². The molecule has 1 saturated carbocycles. The molecule has 0 heterocycles. The van der Waals surface area contributed by atoms with Gasteiger partial charge < -0.3 is 10.4 Å². The summed E-state index contributed by atoms with van der Waals surface area (Å²) in [6, 6.07) is 8.02. The van der Waals surface area contributed by atoms with E-state index in [1.54, 1.807) is 12.1 Å². The third kappa shape index (κ3) is 3.97. The summed E-state index contributed by atoms with van der Waals surface area (Å²) in [5.74, 6) is 0.345. The van der Waals surface area contributed by atoms with Crippen LogP contribution in [-0.2, 0) is 0 Å². The zero-order valence-corrected chi connectivity index (χ0v) is 12.3. The molecule has 1 aliphatic carbocycles. The molecule has 1 atom stereocenters. The maximum atomic E-state index is 9.37. The Bertz CT molecular complexity index is 379. The summed E-state index contributed by atoms with van der Waals surface area (Å²) in [6.07, 6.45) is 7.96. The lowest BCUT2D eigenvalue weighted by atomic mass is 9.75. The van der Waals surface area contributed by atoms with Gasteiger partial charge in [0.1, 0.15) is 5.75 Å². The summed E-state index contributed by atoms with van der Waals surface area (Å²) in [4.78, 5) is 0. The van der Waals surface area contributed by atoms with E-state index in [2.05, 4.69) is 19.2 Å². The second-order valence-electron chi connectivity index (χ2n) is 6.30. The van der Waals surface area contributed by atoms with Gasteiger partial charge in [-0.1, -0.05) is 45.2 Å². The van der Waals surface area contributed by atoms with E-state index in [4.69, 9.17) is 0 Å². The van der Waals surface area contributed by atoms with Gasteiger partial charge in [-0.3, -0.25) is 0 Å². The van der Waals surface area contributed by atoms with Crippen LogP contribution in [0.15, 0.2) is 24.3 Å². The van der Waals surface area contributed by atoms with Crippen molar-refractivity contribution in [3.05, 3.63) is 29.8 Å². The van der Waals surface area contributed by atoms with Gasteiger partial charge in [0, 0.05) is 12.6 Å². The van der Waals surface area contributed by atoms with Crippen molar-refractivity contribution in [2.45, 2.75) is 58.4 Å². The summed E-state index contributed by atoms with van der Waals surface area (Å²) in [7, 11) is 0. The molecule has 2 N–H and O–H groups in total. The van der Waals surface area contributed by atoms with Gasteiger partial charge in [0.05, 0.1) is 0 Å². The fourth-order valence-corrected chi connectivity index (χ4v) is 3.16. The highest BCUT2D eigenvalue weighted by Crippen LogP contribution is 2.35. The summed E-state index contributed by atoms with van der Waals surface area (Å²) < 4.78 is 0. The minimum atomic E-state index is 0.345. The van der Waals surface area contributed by atoms with Gasteiger partial charge in [0.2, 0.25) is 0 Å². The Morgan fingerprint density at radius 1 is 1.16 bits per heavy atom. The van der Waals surface area contributed by atoms with Crippen molar-refractivity contribution >= 4 is 0 Å². The average molecular weight is 261 g/mol. The zero-order chi connectivity index (χ0) is 13.7. The lowest BCUT2D eigenvalue weighted by molar-refractivity contribution is 0.199. The molecule has 2 nitrogen and oxygen atoms in total. The van der Waals surface area contributed by atoms with Gasteiger partial charge in [0.25, 0.3) is 0 Å². The van der Waals surface area contributed by atoms with Crippen LogP contribution in [0, 0.1) is 5.41 Å². The third-order valence-electron chi connectivity index (χ3n) is 4.54. The Hall–Kier alpha value is -1.02. The SMILES string of the molecule is CCC(NCC1(C)CCCCC1)c1ccc(O)cc1. The van der Waals surface area contributed by atoms with Crippen LogP contribution in [0.25, 0.3) is 0 Å². The van der Waals surface area contributed by atoms with E-state index in [-0.39, 0.29) is 0 Å². The number of phenolic OH excluding ortho intramolecular Hbond substituents is 1. The van der Waals surface area contributed by atoms with Crippen molar-refractivity contribution in [1.82, 2.24) is 5.32 Å². The minimum absolute atomic E-state index is 0.345. The van der Waals surface area contributed by atoms with Crippen LogP contribution >= 0.6 is 0 Å². The second-order valence-corrected chi connectivity index (χ2v) is 6.30. The quantitative estimate of drug-likeness (QED) is 0.823. The zero-order valence-electron chi connectivity index (χ0n) is 12.3. The van der Waals surface area contributed by atoms with Gasteiger partial charge >= 0.3 is 0 Å². The van der Waals surface area contributed by atoms with Gasteiger partial charge in [-0.2, -0.15) is 0 Å². The molecule has 0 aromatic heterocycles. The van der Waals surface area contributed by atoms with Crippen molar-refractivity contribution in [3.8, 4) is 5.75 Å². The molecule has 1 unspecified atom stereocenters. The van der Waals surface area contributed by atoms with Crippen molar-refractivity contribution in [2.24, 2.45) is 5.41 Å². The maximum absolute atomic E-state index is 9.37. The predicted molar refractivity (Wildman–Crippen MR) is 80.3 cm³/mol. The van der Waals surface area contributed by atoms with E-state index in [1.807, 2.05) is 12.1 Å². The number of phenols is 1. The van der Waals surface area contributed by atoms with Crippen LogP contribution in [0.2, 0.25) is 0 Å². The lowest BCUT2D eigenvalue weighted by Gasteiger charge is -2.35. The molecule has 0 spiro atoms. The summed E-state index contributed by atoms with van der Waals surface area (Å²) in [5.41, 5.74) is 1.75. The molecule has 19 heavy (non-hydrogen) atoms. The summed E-state index contributed by atoms with van der Waals surface area (Å²) in [5, 5.41) is 13.1. The number of rotatable bonds is 5. The normalized spacial score (nSPS) is 20.1. The van der Waals surface area contributed by atoms with Crippen LogP contribution in [-0.4, -0.2) is 11.7 Å². The Kier molecular flexibility index (Phi) is 4.87. The first-order chi connectivity index (χ1) is 9.13. The van der Waals surface area contributed by atoms with Gasteiger partial charge in [-0.25, -0.2) is 0 Å². The largest absolute Gasteiger partial charge is 0.508 e. The third-order valence-corrected chi connectivity index (χ3v) is 4.54. The van der Waals surface area contributed by atoms with E-state index in [1.165, 1.54) is 37.7 Å². The Balaban J connectivity index is 1.93. The molecular weight excluding hydrogens is 234 g/mol. The van der Waals surface area contributed by atoms with Crippen LogP contribution in [0.5, 0.6) is 5.75 Å². The average Bonchev–Trinajstić information content (AvgIpc) is 2.42. The Labute approximate surface area is 117 Å². The highest BCUT2D eigenvalue weighted by molar-refractivity contribution is 5.28. The molecule has 0 saturated heterocycles. The highest BCUT2D eigenvalue weighted by Gasteiger charge is 2.27. The molecule has 2 heteroatoms. The van der Waals surface area contributed by atoms with Crippen molar-refractivity contribution < 1.29 is 5.11 Å². The van der Waals surface area contributed by atoms with Gasteiger partial charge in [-0.05, 0) is 42.4 Å². The fourth-order valence-electron chi connectivity index (χ4n) is 3.16. The second kappa shape index (κ2) is 6.42. The molecule has 2 rings (SSSR count). The summed E-state index contributed by atoms with van der Waals surface area (Å²) >= 11 is 0. The number of hydrogen-bond acceptors (Lipinski definition) is 2. The van der Waals surface area contributed by atoms with Crippen molar-refractivity contribution in [1.29, 1.82) is 0 Å². The van der Waals surface area contributed by atoms with E-state index in [0.29, 0.717) is 17.2 Å². The molecule has 0 aliphatic heterocycles. The maximum Gasteiger partial charge on any atom is 0.115 e. The number of hydrogen-bond donors (Lipinski definition) is 2. The molecule has 1 aromatic rings. The van der Waals surface area contributed by atoms with Gasteiger partial charge in [0.15, 0.2) is 0 Å². The number of benzene rings is 1. The molecule has 1 aromatic carbocycles. The monoisotopic (exact) mass is 261 g/mol. The van der Waals surface area contributed by atoms with E-state index < -0.39 is 0 Å². The molecule has 0 amide bonds. The topological polar surface area (TPSA) is 32.3 Å². The van der Waals surface area contributed by atoms with E-state index in [0.717, 1.165) is 13.0 Å². The van der Waals surface area contributed by atoms with Crippen LogP contribution < -0.4 is 5.32 Å². The molecule has 1 fully saturated rings. The smallest absolute Gasteiger partial charge is 0.115 e. The Morgan fingerprint density at radius 3 is 2.37 bits per heavy atom. The first-order valence-electron chi connectivity index (χ1n) is 7.65. The van der Waals surface area contributed by atoms with E-state index >= 15 is 0 Å². The molecule has 1 aliphatic rings. The van der Waals surface area contributed by atoms with Crippen LogP contribution in [0.3, 0.4) is 0 Å². The first-order valence-corrected chi connectivity index (χ1v) is 7.65. The van der Waals surface area contributed by atoms with Crippen LogP contribution in [0.1, 0.15) is 64.0 Å². The number of nitrogens with one attached hydrogen (secondary N) is 1. The highest BCUT2D eigenvalue weighted by atomic mass is 16.3. The van der Waals surface area contributed by atoms with Crippen molar-refractivity contribution in [3.63, 3.8) is 0 Å².